The van der Waals surface area contributed by atoms with Gasteiger partial charge < -0.3 is 10.2 Å². The van der Waals surface area contributed by atoms with Crippen LogP contribution < -0.4 is 10.2 Å². The van der Waals surface area contributed by atoms with Gasteiger partial charge in [0, 0.05) is 30.0 Å². The van der Waals surface area contributed by atoms with E-state index in [0.717, 1.165) is 35.1 Å². The minimum atomic E-state index is 0.808. The molecular formula is C17H21ClN2. The summed E-state index contributed by atoms with van der Waals surface area (Å²) in [6.45, 7) is 5.94. The molecule has 2 rings (SSSR count). The predicted molar refractivity (Wildman–Crippen MR) is 88.1 cm³/mol. The van der Waals surface area contributed by atoms with Gasteiger partial charge >= 0.3 is 0 Å². The number of hydrogen-bond donors (Lipinski definition) is 1. The summed E-state index contributed by atoms with van der Waals surface area (Å²) in [6, 6.07) is 14.7. The van der Waals surface area contributed by atoms with Gasteiger partial charge in [0.1, 0.15) is 0 Å². The molecule has 3 heteroatoms. The first-order chi connectivity index (χ1) is 9.61. The Balaban J connectivity index is 2.20. The van der Waals surface area contributed by atoms with Gasteiger partial charge in [0.15, 0.2) is 0 Å². The molecule has 0 saturated carbocycles. The predicted octanol–water partition coefficient (Wildman–Crippen LogP) is 4.53. The fourth-order valence-electron chi connectivity index (χ4n) is 2.07. The standard InChI is InChI=1S/C17H21ClN2/c1-4-19-12-14-7-10-16(11-17(14)18)20(3)15-8-5-13(2)6-9-15/h5-11,19H,4,12H2,1-3H3. The fraction of sp³-hybridized carbons (Fsp3) is 0.294. The zero-order valence-corrected chi connectivity index (χ0v) is 13.0. The van der Waals surface area contributed by atoms with Crippen LogP contribution in [0.25, 0.3) is 0 Å². The second-order valence-corrected chi connectivity index (χ2v) is 5.36. The minimum Gasteiger partial charge on any atom is -0.345 e. The van der Waals surface area contributed by atoms with Crippen LogP contribution in [0.5, 0.6) is 0 Å². The highest BCUT2D eigenvalue weighted by Crippen LogP contribution is 2.28. The lowest BCUT2D eigenvalue weighted by atomic mass is 10.1. The van der Waals surface area contributed by atoms with Crippen LogP contribution >= 0.6 is 11.6 Å². The van der Waals surface area contributed by atoms with Crippen LogP contribution in [0.3, 0.4) is 0 Å². The Morgan fingerprint density at radius 2 is 1.70 bits per heavy atom. The summed E-state index contributed by atoms with van der Waals surface area (Å²) in [7, 11) is 2.06. The quantitative estimate of drug-likeness (QED) is 0.870. The van der Waals surface area contributed by atoms with E-state index >= 15 is 0 Å². The number of benzene rings is 2. The van der Waals surface area contributed by atoms with Crippen LogP contribution in [0.1, 0.15) is 18.1 Å². The van der Waals surface area contributed by atoms with Crippen LogP contribution in [0, 0.1) is 6.92 Å². The largest absolute Gasteiger partial charge is 0.345 e. The molecule has 0 radical (unpaired) electrons. The molecule has 0 aliphatic carbocycles. The summed E-state index contributed by atoms with van der Waals surface area (Å²) in [5.74, 6) is 0. The Morgan fingerprint density at radius 3 is 2.30 bits per heavy atom. The molecule has 0 aliphatic heterocycles. The molecule has 0 heterocycles. The third-order valence-corrected chi connectivity index (χ3v) is 3.76. The highest BCUT2D eigenvalue weighted by molar-refractivity contribution is 6.31. The highest BCUT2D eigenvalue weighted by Gasteiger charge is 2.07. The number of nitrogens with zero attached hydrogens (tertiary/aromatic N) is 1. The summed E-state index contributed by atoms with van der Waals surface area (Å²) < 4.78 is 0. The van der Waals surface area contributed by atoms with Gasteiger partial charge in [-0.1, -0.05) is 42.3 Å². The maximum absolute atomic E-state index is 6.36. The number of aryl methyl sites for hydroxylation is 1. The lowest BCUT2D eigenvalue weighted by molar-refractivity contribution is 0.727. The first-order valence-corrected chi connectivity index (χ1v) is 7.29. The van der Waals surface area contributed by atoms with Crippen LogP contribution in [0.2, 0.25) is 5.02 Å². The molecule has 2 nitrogen and oxygen atoms in total. The molecule has 0 atom stereocenters. The Hall–Kier alpha value is -1.51. The van der Waals surface area contributed by atoms with E-state index in [0.29, 0.717) is 0 Å². The van der Waals surface area contributed by atoms with Crippen LogP contribution in [0.15, 0.2) is 42.5 Å². The molecule has 0 aliphatic rings. The summed E-state index contributed by atoms with van der Waals surface area (Å²) >= 11 is 6.36. The van der Waals surface area contributed by atoms with E-state index in [1.54, 1.807) is 0 Å². The van der Waals surface area contributed by atoms with Crippen molar-refractivity contribution in [1.29, 1.82) is 0 Å². The molecular weight excluding hydrogens is 268 g/mol. The van der Waals surface area contributed by atoms with E-state index < -0.39 is 0 Å². The second kappa shape index (κ2) is 6.78. The van der Waals surface area contributed by atoms with Crippen molar-refractivity contribution in [3.8, 4) is 0 Å². The Labute approximate surface area is 126 Å². The third kappa shape index (κ3) is 3.53. The summed E-state index contributed by atoms with van der Waals surface area (Å²) in [5, 5.41) is 4.10. The van der Waals surface area contributed by atoms with E-state index in [4.69, 9.17) is 11.6 Å². The van der Waals surface area contributed by atoms with E-state index in [9.17, 15) is 0 Å². The van der Waals surface area contributed by atoms with Gasteiger partial charge in [-0.3, -0.25) is 0 Å². The van der Waals surface area contributed by atoms with E-state index in [1.165, 1.54) is 5.56 Å². The van der Waals surface area contributed by atoms with E-state index in [1.807, 2.05) is 6.07 Å². The zero-order chi connectivity index (χ0) is 14.5. The van der Waals surface area contributed by atoms with Crippen molar-refractivity contribution < 1.29 is 0 Å². The van der Waals surface area contributed by atoms with Crippen molar-refractivity contribution in [2.45, 2.75) is 20.4 Å². The number of halogens is 1. The maximum Gasteiger partial charge on any atom is 0.0471 e. The van der Waals surface area contributed by atoms with Gasteiger partial charge in [0.25, 0.3) is 0 Å². The average molecular weight is 289 g/mol. The number of anilines is 2. The lowest BCUT2D eigenvalue weighted by Gasteiger charge is -2.20. The van der Waals surface area contributed by atoms with E-state index in [-0.39, 0.29) is 0 Å². The smallest absolute Gasteiger partial charge is 0.0471 e. The summed E-state index contributed by atoms with van der Waals surface area (Å²) in [4.78, 5) is 2.14. The van der Waals surface area contributed by atoms with Gasteiger partial charge in [0.2, 0.25) is 0 Å². The van der Waals surface area contributed by atoms with Crippen LogP contribution in [-0.4, -0.2) is 13.6 Å². The molecule has 1 N–H and O–H groups in total. The maximum atomic E-state index is 6.36. The second-order valence-electron chi connectivity index (χ2n) is 4.95. The van der Waals surface area contributed by atoms with Gasteiger partial charge in [0.05, 0.1) is 0 Å². The molecule has 0 spiro atoms. The number of rotatable bonds is 5. The van der Waals surface area contributed by atoms with Gasteiger partial charge in [-0.05, 0) is 43.3 Å². The highest BCUT2D eigenvalue weighted by atomic mass is 35.5. The Bertz CT molecular complexity index is 564. The SMILES string of the molecule is CCNCc1ccc(N(C)c2ccc(C)cc2)cc1Cl. The van der Waals surface area contributed by atoms with Crippen molar-refractivity contribution in [3.63, 3.8) is 0 Å². The van der Waals surface area contributed by atoms with E-state index in [2.05, 4.69) is 67.5 Å². The van der Waals surface area contributed by atoms with Crippen molar-refractivity contribution in [2.24, 2.45) is 0 Å². The number of nitrogens with one attached hydrogen (secondary N) is 1. The van der Waals surface area contributed by atoms with Crippen molar-refractivity contribution >= 4 is 23.0 Å². The van der Waals surface area contributed by atoms with Crippen molar-refractivity contribution in [3.05, 3.63) is 58.6 Å². The van der Waals surface area contributed by atoms with Crippen molar-refractivity contribution in [1.82, 2.24) is 5.32 Å². The molecule has 106 valence electrons. The topological polar surface area (TPSA) is 15.3 Å². The third-order valence-electron chi connectivity index (χ3n) is 3.41. The van der Waals surface area contributed by atoms with Crippen molar-refractivity contribution in [2.75, 3.05) is 18.5 Å². The number of hydrogen-bond acceptors (Lipinski definition) is 2. The Morgan fingerprint density at radius 1 is 1.05 bits per heavy atom. The van der Waals surface area contributed by atoms with Gasteiger partial charge in [-0.25, -0.2) is 0 Å². The molecule has 2 aromatic rings. The minimum absolute atomic E-state index is 0.808. The molecule has 0 unspecified atom stereocenters. The molecule has 0 saturated heterocycles. The fourth-order valence-corrected chi connectivity index (χ4v) is 2.31. The zero-order valence-electron chi connectivity index (χ0n) is 12.3. The molecule has 20 heavy (non-hydrogen) atoms. The average Bonchev–Trinajstić information content (AvgIpc) is 2.46. The van der Waals surface area contributed by atoms with Crippen LogP contribution in [0.4, 0.5) is 11.4 Å². The normalized spacial score (nSPS) is 10.6. The molecule has 0 fully saturated rings. The van der Waals surface area contributed by atoms with Gasteiger partial charge in [-0.2, -0.15) is 0 Å². The summed E-state index contributed by atoms with van der Waals surface area (Å²) in [6.07, 6.45) is 0. The molecule has 0 bridgehead atoms. The monoisotopic (exact) mass is 288 g/mol. The summed E-state index contributed by atoms with van der Waals surface area (Å²) in [5.41, 5.74) is 4.65. The molecule has 0 amide bonds. The molecule has 2 aromatic carbocycles. The van der Waals surface area contributed by atoms with Gasteiger partial charge in [-0.15, -0.1) is 0 Å². The first-order valence-electron chi connectivity index (χ1n) is 6.91. The first kappa shape index (κ1) is 14.9. The lowest BCUT2D eigenvalue weighted by Crippen LogP contribution is -2.13. The Kier molecular flexibility index (Phi) is 5.05. The molecule has 0 aromatic heterocycles. The van der Waals surface area contributed by atoms with Crippen LogP contribution in [-0.2, 0) is 6.54 Å².